The summed E-state index contributed by atoms with van der Waals surface area (Å²) in [4.78, 5) is 17.2. The highest BCUT2D eigenvalue weighted by Gasteiger charge is 2.21. The van der Waals surface area contributed by atoms with E-state index in [1.165, 1.54) is 10.2 Å². The minimum Gasteiger partial charge on any atom is -0.366 e. The topological polar surface area (TPSA) is 41.4 Å². The van der Waals surface area contributed by atoms with Crippen LogP contribution >= 0.6 is 11.6 Å². The molecule has 0 amide bonds. The highest BCUT2D eigenvalue weighted by molar-refractivity contribution is 6.33. The third-order valence-corrected chi connectivity index (χ3v) is 5.22. The van der Waals surface area contributed by atoms with Gasteiger partial charge in [-0.25, -0.2) is 0 Å². The fraction of sp³-hybridized carbons (Fsp3) is 0.238. The largest absolute Gasteiger partial charge is 0.366 e. The van der Waals surface area contributed by atoms with Crippen LogP contribution in [0.2, 0.25) is 5.02 Å². The minimum absolute atomic E-state index is 0.227. The molecule has 0 aliphatic carbocycles. The van der Waals surface area contributed by atoms with Crippen LogP contribution in [-0.2, 0) is 6.54 Å². The molecule has 0 saturated carbocycles. The average Bonchev–Trinajstić information content (AvgIpc) is 2.72. The lowest BCUT2D eigenvalue weighted by Gasteiger charge is -2.36. The van der Waals surface area contributed by atoms with E-state index in [2.05, 4.69) is 39.2 Å². The van der Waals surface area contributed by atoms with E-state index in [0.717, 1.165) is 32.7 Å². The lowest BCUT2D eigenvalue weighted by atomic mass is 10.2. The highest BCUT2D eigenvalue weighted by atomic mass is 35.5. The van der Waals surface area contributed by atoms with Crippen LogP contribution in [0.15, 0.2) is 71.7 Å². The molecule has 4 rings (SSSR count). The Morgan fingerprint density at radius 1 is 0.889 bits per heavy atom. The Hall–Kier alpha value is -2.63. The molecule has 0 N–H and O–H groups in total. The zero-order valence-corrected chi connectivity index (χ0v) is 15.7. The summed E-state index contributed by atoms with van der Waals surface area (Å²) >= 11 is 6.42. The fourth-order valence-electron chi connectivity index (χ4n) is 3.39. The highest BCUT2D eigenvalue weighted by Crippen LogP contribution is 2.23. The standard InChI is InChI=1S/C21H21ClN4O/c22-20-19(15-23-26(21(20)27)18-9-5-2-6-10-18)25-13-11-24(12-14-25)16-17-7-3-1-4-8-17/h1-10,15H,11-14,16H2. The Bertz CT molecular complexity index is 951. The van der Waals surface area contributed by atoms with Gasteiger partial charge in [-0.15, -0.1) is 0 Å². The lowest BCUT2D eigenvalue weighted by Crippen LogP contribution is -2.46. The number of rotatable bonds is 4. The summed E-state index contributed by atoms with van der Waals surface area (Å²) in [6, 6.07) is 19.8. The second-order valence-corrected chi connectivity index (χ2v) is 7.02. The number of halogens is 1. The van der Waals surface area contributed by atoms with Gasteiger partial charge >= 0.3 is 0 Å². The van der Waals surface area contributed by atoms with Gasteiger partial charge in [0, 0.05) is 32.7 Å². The van der Waals surface area contributed by atoms with Crippen LogP contribution in [0, 0.1) is 0 Å². The number of benzene rings is 2. The van der Waals surface area contributed by atoms with Crippen molar-refractivity contribution in [2.24, 2.45) is 0 Å². The Labute approximate surface area is 163 Å². The van der Waals surface area contributed by atoms with Crippen LogP contribution in [0.1, 0.15) is 5.56 Å². The van der Waals surface area contributed by atoms with E-state index in [4.69, 9.17) is 11.6 Å². The molecule has 1 aliphatic heterocycles. The van der Waals surface area contributed by atoms with Crippen molar-refractivity contribution in [1.82, 2.24) is 14.7 Å². The van der Waals surface area contributed by atoms with Crippen molar-refractivity contribution >= 4 is 17.3 Å². The first-order valence-electron chi connectivity index (χ1n) is 9.07. The van der Waals surface area contributed by atoms with Crippen LogP contribution in [0.25, 0.3) is 5.69 Å². The van der Waals surface area contributed by atoms with Crippen LogP contribution in [-0.4, -0.2) is 40.9 Å². The maximum absolute atomic E-state index is 12.7. The smallest absolute Gasteiger partial charge is 0.292 e. The predicted molar refractivity (Wildman–Crippen MR) is 109 cm³/mol. The molecule has 0 unspecified atom stereocenters. The maximum atomic E-state index is 12.7. The van der Waals surface area contributed by atoms with Crippen molar-refractivity contribution < 1.29 is 0 Å². The third kappa shape index (κ3) is 3.89. The van der Waals surface area contributed by atoms with Crippen molar-refractivity contribution in [3.63, 3.8) is 0 Å². The molecule has 1 aromatic heterocycles. The van der Waals surface area contributed by atoms with Crippen molar-refractivity contribution in [3.8, 4) is 5.69 Å². The molecule has 2 aromatic carbocycles. The fourth-order valence-corrected chi connectivity index (χ4v) is 3.63. The van der Waals surface area contributed by atoms with Gasteiger partial charge < -0.3 is 4.90 Å². The molecule has 2 heterocycles. The summed E-state index contributed by atoms with van der Waals surface area (Å²) in [5, 5.41) is 4.56. The zero-order chi connectivity index (χ0) is 18.6. The van der Waals surface area contributed by atoms with Crippen molar-refractivity contribution in [2.45, 2.75) is 6.54 Å². The lowest BCUT2D eigenvalue weighted by molar-refractivity contribution is 0.250. The summed E-state index contributed by atoms with van der Waals surface area (Å²) in [5.41, 5.74) is 2.46. The van der Waals surface area contributed by atoms with Crippen LogP contribution in [0.3, 0.4) is 0 Å². The van der Waals surface area contributed by atoms with Gasteiger partial charge in [0.15, 0.2) is 0 Å². The third-order valence-electron chi connectivity index (χ3n) is 4.86. The first-order chi connectivity index (χ1) is 13.2. The monoisotopic (exact) mass is 380 g/mol. The summed E-state index contributed by atoms with van der Waals surface area (Å²) in [6.07, 6.45) is 1.70. The molecule has 0 spiro atoms. The molecule has 0 bridgehead atoms. The first-order valence-corrected chi connectivity index (χ1v) is 9.44. The van der Waals surface area contributed by atoms with Crippen LogP contribution < -0.4 is 10.5 Å². The number of hydrogen-bond acceptors (Lipinski definition) is 4. The molecular formula is C21H21ClN4O. The molecule has 1 fully saturated rings. The number of nitrogens with zero attached hydrogens (tertiary/aromatic N) is 4. The van der Waals surface area contributed by atoms with Gasteiger partial charge in [0.25, 0.3) is 5.56 Å². The number of anilines is 1. The first kappa shape index (κ1) is 17.8. The van der Waals surface area contributed by atoms with E-state index in [9.17, 15) is 4.79 Å². The number of piperazine rings is 1. The molecule has 0 radical (unpaired) electrons. The van der Waals surface area contributed by atoms with Gasteiger partial charge in [0.1, 0.15) is 5.02 Å². The Kier molecular flexibility index (Phi) is 5.23. The summed E-state index contributed by atoms with van der Waals surface area (Å²) in [5.74, 6) is 0. The maximum Gasteiger partial charge on any atom is 0.292 e. The SMILES string of the molecule is O=c1c(Cl)c(N2CCN(Cc3ccccc3)CC2)cnn1-c1ccccc1. The normalized spacial score (nSPS) is 15.1. The van der Waals surface area contributed by atoms with Gasteiger partial charge in [0.2, 0.25) is 0 Å². The zero-order valence-electron chi connectivity index (χ0n) is 15.0. The predicted octanol–water partition coefficient (Wildman–Crippen LogP) is 3.21. The Morgan fingerprint density at radius 3 is 2.19 bits per heavy atom. The van der Waals surface area contributed by atoms with Crippen molar-refractivity contribution in [1.29, 1.82) is 0 Å². The second-order valence-electron chi connectivity index (χ2n) is 6.65. The van der Waals surface area contributed by atoms with E-state index >= 15 is 0 Å². The summed E-state index contributed by atoms with van der Waals surface area (Å²) in [7, 11) is 0. The summed E-state index contributed by atoms with van der Waals surface area (Å²) < 4.78 is 1.34. The molecule has 0 atom stereocenters. The average molecular weight is 381 g/mol. The number of para-hydroxylation sites is 1. The van der Waals surface area contributed by atoms with Gasteiger partial charge in [0.05, 0.1) is 17.6 Å². The minimum atomic E-state index is -0.285. The number of hydrogen-bond donors (Lipinski definition) is 0. The van der Waals surface area contributed by atoms with Gasteiger partial charge in [-0.05, 0) is 17.7 Å². The molecule has 1 saturated heterocycles. The molecule has 1 aliphatic rings. The Balaban J connectivity index is 1.47. The van der Waals surface area contributed by atoms with Crippen molar-refractivity contribution in [2.75, 3.05) is 31.1 Å². The van der Waals surface area contributed by atoms with Crippen LogP contribution in [0.4, 0.5) is 5.69 Å². The Morgan fingerprint density at radius 2 is 1.52 bits per heavy atom. The van der Waals surface area contributed by atoms with Gasteiger partial charge in [-0.3, -0.25) is 9.69 Å². The quantitative estimate of drug-likeness (QED) is 0.697. The van der Waals surface area contributed by atoms with Gasteiger partial charge in [-0.2, -0.15) is 9.78 Å². The van der Waals surface area contributed by atoms with E-state index < -0.39 is 0 Å². The summed E-state index contributed by atoms with van der Waals surface area (Å²) in [6.45, 7) is 4.43. The second kappa shape index (κ2) is 7.94. The molecule has 3 aromatic rings. The van der Waals surface area contributed by atoms with Gasteiger partial charge in [-0.1, -0.05) is 60.1 Å². The van der Waals surface area contributed by atoms with E-state index in [-0.39, 0.29) is 10.6 Å². The van der Waals surface area contributed by atoms with E-state index in [0.29, 0.717) is 11.4 Å². The molecule has 138 valence electrons. The van der Waals surface area contributed by atoms with Crippen molar-refractivity contribution in [3.05, 3.63) is 87.8 Å². The van der Waals surface area contributed by atoms with Crippen LogP contribution in [0.5, 0.6) is 0 Å². The molecule has 5 nitrogen and oxygen atoms in total. The van der Waals surface area contributed by atoms with E-state index in [1.807, 2.05) is 36.4 Å². The van der Waals surface area contributed by atoms with E-state index in [1.54, 1.807) is 6.20 Å². The number of aromatic nitrogens is 2. The molecular weight excluding hydrogens is 360 g/mol. The molecule has 6 heteroatoms. The molecule has 27 heavy (non-hydrogen) atoms.